The Morgan fingerprint density at radius 2 is 1.96 bits per heavy atom. The van der Waals surface area contributed by atoms with E-state index in [9.17, 15) is 4.79 Å². The molecule has 0 radical (unpaired) electrons. The molecule has 0 bridgehead atoms. The lowest BCUT2D eigenvalue weighted by Crippen LogP contribution is -2.18. The van der Waals surface area contributed by atoms with E-state index in [1.165, 1.54) is 0 Å². The van der Waals surface area contributed by atoms with Crippen LogP contribution < -0.4 is 10.2 Å². The first-order valence-electron chi connectivity index (χ1n) is 7.51. The Bertz CT molecular complexity index is 669. The molecule has 2 aromatic carbocycles. The second-order valence-electron chi connectivity index (χ2n) is 4.95. The zero-order valence-electron chi connectivity index (χ0n) is 13.0. The summed E-state index contributed by atoms with van der Waals surface area (Å²) in [6.45, 7) is 2.86. The third-order valence-corrected chi connectivity index (χ3v) is 3.84. The smallest absolute Gasteiger partial charge is 0.272 e. The molecule has 2 aromatic rings. The number of unbranched alkanes of at least 4 members (excludes halogenated alkanes) is 1. The van der Waals surface area contributed by atoms with Crippen LogP contribution in [0.2, 0.25) is 0 Å². The fourth-order valence-corrected chi connectivity index (χ4v) is 2.32. The fraction of sp³-hybridized carbons (Fsp3) is 0.222. The highest BCUT2D eigenvalue weighted by Crippen LogP contribution is 2.15. The summed E-state index contributed by atoms with van der Waals surface area (Å²) < 4.78 is 6.33. The van der Waals surface area contributed by atoms with Gasteiger partial charge in [0.05, 0.1) is 18.4 Å². The molecule has 0 spiro atoms. The molecule has 0 saturated carbocycles. The van der Waals surface area contributed by atoms with Crippen molar-refractivity contribution in [2.24, 2.45) is 5.10 Å². The van der Waals surface area contributed by atoms with Crippen molar-refractivity contribution in [2.45, 2.75) is 19.8 Å². The number of amides is 1. The lowest BCUT2D eigenvalue weighted by molar-refractivity contribution is 0.0954. The minimum absolute atomic E-state index is 0.256. The van der Waals surface area contributed by atoms with Crippen molar-refractivity contribution >= 4 is 28.1 Å². The molecule has 0 aliphatic rings. The summed E-state index contributed by atoms with van der Waals surface area (Å²) in [6, 6.07) is 14.8. The Morgan fingerprint density at radius 1 is 1.22 bits per heavy atom. The molecule has 2 rings (SSSR count). The molecular formula is C18H19BrN2O2. The van der Waals surface area contributed by atoms with Gasteiger partial charge in [0.1, 0.15) is 5.75 Å². The van der Waals surface area contributed by atoms with E-state index < -0.39 is 0 Å². The van der Waals surface area contributed by atoms with Gasteiger partial charge < -0.3 is 4.74 Å². The van der Waals surface area contributed by atoms with Crippen LogP contribution in [0.25, 0.3) is 0 Å². The minimum Gasteiger partial charge on any atom is -0.494 e. The van der Waals surface area contributed by atoms with Gasteiger partial charge in [-0.2, -0.15) is 5.10 Å². The SMILES string of the molecule is CCCCOc1ccc(/C=N/NC(=O)c2ccccc2Br)cc1. The van der Waals surface area contributed by atoms with E-state index in [1.807, 2.05) is 36.4 Å². The predicted octanol–water partition coefficient (Wildman–Crippen LogP) is 4.39. The molecule has 0 unspecified atom stereocenters. The number of rotatable bonds is 7. The number of hydrazone groups is 1. The number of hydrogen-bond donors (Lipinski definition) is 1. The van der Waals surface area contributed by atoms with Crippen LogP contribution in [-0.4, -0.2) is 18.7 Å². The van der Waals surface area contributed by atoms with Crippen LogP contribution >= 0.6 is 15.9 Å². The van der Waals surface area contributed by atoms with Crippen molar-refractivity contribution in [1.29, 1.82) is 0 Å². The van der Waals surface area contributed by atoms with E-state index in [0.29, 0.717) is 5.56 Å². The first kappa shape index (κ1) is 17.2. The molecule has 0 atom stereocenters. The molecule has 1 amide bonds. The summed E-state index contributed by atoms with van der Waals surface area (Å²) in [6.07, 6.45) is 3.76. The topological polar surface area (TPSA) is 50.7 Å². The van der Waals surface area contributed by atoms with E-state index in [-0.39, 0.29) is 5.91 Å². The highest BCUT2D eigenvalue weighted by atomic mass is 79.9. The maximum absolute atomic E-state index is 12.0. The first-order valence-corrected chi connectivity index (χ1v) is 8.31. The average Bonchev–Trinajstić information content (AvgIpc) is 2.57. The third kappa shape index (κ3) is 5.53. The predicted molar refractivity (Wildman–Crippen MR) is 96.0 cm³/mol. The highest BCUT2D eigenvalue weighted by molar-refractivity contribution is 9.10. The lowest BCUT2D eigenvalue weighted by Gasteiger charge is -2.05. The maximum Gasteiger partial charge on any atom is 0.272 e. The summed E-state index contributed by atoms with van der Waals surface area (Å²) in [5.41, 5.74) is 3.95. The van der Waals surface area contributed by atoms with Crippen LogP contribution in [0.4, 0.5) is 0 Å². The molecular weight excluding hydrogens is 356 g/mol. The van der Waals surface area contributed by atoms with E-state index in [1.54, 1.807) is 18.3 Å². The van der Waals surface area contributed by atoms with Gasteiger partial charge in [0.15, 0.2) is 0 Å². The highest BCUT2D eigenvalue weighted by Gasteiger charge is 2.07. The van der Waals surface area contributed by atoms with Crippen molar-refractivity contribution in [1.82, 2.24) is 5.43 Å². The van der Waals surface area contributed by atoms with E-state index >= 15 is 0 Å². The van der Waals surface area contributed by atoms with Crippen LogP contribution in [0.5, 0.6) is 5.75 Å². The number of halogens is 1. The zero-order valence-corrected chi connectivity index (χ0v) is 14.5. The summed E-state index contributed by atoms with van der Waals surface area (Å²) in [7, 11) is 0. The molecule has 5 heteroatoms. The number of ether oxygens (including phenoxy) is 1. The van der Waals surface area contributed by atoms with E-state index in [4.69, 9.17) is 4.74 Å². The third-order valence-electron chi connectivity index (χ3n) is 3.14. The van der Waals surface area contributed by atoms with E-state index in [2.05, 4.69) is 33.4 Å². The number of benzene rings is 2. The van der Waals surface area contributed by atoms with Gasteiger partial charge in [-0.25, -0.2) is 5.43 Å². The Morgan fingerprint density at radius 3 is 2.65 bits per heavy atom. The Balaban J connectivity index is 1.88. The standard InChI is InChI=1S/C18H19BrN2O2/c1-2-3-12-23-15-10-8-14(9-11-15)13-20-21-18(22)16-6-4-5-7-17(16)19/h4-11,13H,2-3,12H2,1H3,(H,21,22)/b20-13+. The monoisotopic (exact) mass is 374 g/mol. The second-order valence-corrected chi connectivity index (χ2v) is 5.80. The molecule has 120 valence electrons. The van der Waals surface area contributed by atoms with Gasteiger partial charge in [-0.15, -0.1) is 0 Å². The molecule has 23 heavy (non-hydrogen) atoms. The minimum atomic E-state index is -0.256. The number of nitrogens with one attached hydrogen (secondary N) is 1. The molecule has 0 saturated heterocycles. The van der Waals surface area contributed by atoms with Crippen LogP contribution in [0.1, 0.15) is 35.7 Å². The van der Waals surface area contributed by atoms with Crippen molar-refractivity contribution < 1.29 is 9.53 Å². The average molecular weight is 375 g/mol. The van der Waals surface area contributed by atoms with Gasteiger partial charge >= 0.3 is 0 Å². The van der Waals surface area contributed by atoms with Gasteiger partial charge in [0.25, 0.3) is 5.91 Å². The summed E-state index contributed by atoms with van der Waals surface area (Å²) in [5, 5.41) is 3.98. The number of carbonyl (C=O) groups excluding carboxylic acids is 1. The first-order chi connectivity index (χ1) is 11.2. The largest absolute Gasteiger partial charge is 0.494 e. The maximum atomic E-state index is 12.0. The molecule has 0 aromatic heterocycles. The second kappa shape index (κ2) is 9.10. The summed E-state index contributed by atoms with van der Waals surface area (Å²) in [4.78, 5) is 12.0. The van der Waals surface area contributed by atoms with Crippen LogP contribution in [-0.2, 0) is 0 Å². The molecule has 0 heterocycles. The summed E-state index contributed by atoms with van der Waals surface area (Å²) in [5.74, 6) is 0.584. The summed E-state index contributed by atoms with van der Waals surface area (Å²) >= 11 is 3.34. The Hall–Kier alpha value is -2.14. The fourth-order valence-electron chi connectivity index (χ4n) is 1.86. The number of carbonyl (C=O) groups is 1. The van der Waals surface area contributed by atoms with Crippen LogP contribution in [0, 0.1) is 0 Å². The van der Waals surface area contributed by atoms with Crippen molar-refractivity contribution in [3.8, 4) is 5.75 Å². The van der Waals surface area contributed by atoms with Crippen molar-refractivity contribution in [3.63, 3.8) is 0 Å². The lowest BCUT2D eigenvalue weighted by atomic mass is 10.2. The Kier molecular flexibility index (Phi) is 6.81. The molecule has 0 fully saturated rings. The number of nitrogens with zero attached hydrogens (tertiary/aromatic N) is 1. The quantitative estimate of drug-likeness (QED) is 0.443. The zero-order chi connectivity index (χ0) is 16.5. The molecule has 0 aliphatic heterocycles. The van der Waals surface area contributed by atoms with Gasteiger partial charge in [-0.3, -0.25) is 4.79 Å². The van der Waals surface area contributed by atoms with Crippen molar-refractivity contribution in [3.05, 3.63) is 64.1 Å². The van der Waals surface area contributed by atoms with Gasteiger partial charge in [-0.05, 0) is 64.3 Å². The van der Waals surface area contributed by atoms with Gasteiger partial charge in [0, 0.05) is 4.47 Å². The van der Waals surface area contributed by atoms with E-state index in [0.717, 1.165) is 35.2 Å². The molecule has 1 N–H and O–H groups in total. The van der Waals surface area contributed by atoms with Crippen molar-refractivity contribution in [2.75, 3.05) is 6.61 Å². The van der Waals surface area contributed by atoms with Gasteiger partial charge in [0.2, 0.25) is 0 Å². The molecule has 4 nitrogen and oxygen atoms in total. The van der Waals surface area contributed by atoms with Crippen LogP contribution in [0.3, 0.4) is 0 Å². The van der Waals surface area contributed by atoms with Crippen LogP contribution in [0.15, 0.2) is 58.1 Å². The Labute approximate surface area is 144 Å². The number of hydrogen-bond acceptors (Lipinski definition) is 3. The van der Waals surface area contributed by atoms with Gasteiger partial charge in [-0.1, -0.05) is 25.5 Å². The normalized spacial score (nSPS) is 10.7. The molecule has 0 aliphatic carbocycles.